The zero-order valence-corrected chi connectivity index (χ0v) is 10.0. The van der Waals surface area contributed by atoms with Crippen molar-refractivity contribution < 1.29 is 8.78 Å². The van der Waals surface area contributed by atoms with E-state index in [0.29, 0.717) is 23.5 Å². The summed E-state index contributed by atoms with van der Waals surface area (Å²) in [6.07, 6.45) is 0. The van der Waals surface area contributed by atoms with E-state index in [4.69, 9.17) is 5.73 Å². The molecule has 4 heteroatoms. The number of hydrogen-bond acceptors (Lipinski definition) is 2. The summed E-state index contributed by atoms with van der Waals surface area (Å²) in [5.74, 6) is -0.638. The predicted molar refractivity (Wildman–Crippen MR) is 69.3 cm³/mol. The molecule has 0 fully saturated rings. The van der Waals surface area contributed by atoms with Crippen LogP contribution in [0.1, 0.15) is 5.56 Å². The Bertz CT molecular complexity index is 555. The third-order valence-electron chi connectivity index (χ3n) is 2.77. The van der Waals surface area contributed by atoms with Crippen LogP contribution in [0.15, 0.2) is 42.5 Å². The summed E-state index contributed by atoms with van der Waals surface area (Å²) in [7, 11) is 1.79. The SMILES string of the molecule is CN(Cc1ccccc1F)c1ccc(F)cc1N. The van der Waals surface area contributed by atoms with E-state index in [0.717, 1.165) is 0 Å². The summed E-state index contributed by atoms with van der Waals surface area (Å²) in [6.45, 7) is 0.377. The number of hydrogen-bond donors (Lipinski definition) is 1. The second kappa shape index (κ2) is 5.04. The zero-order chi connectivity index (χ0) is 13.1. The van der Waals surface area contributed by atoms with Crippen LogP contribution in [0.2, 0.25) is 0 Å². The van der Waals surface area contributed by atoms with E-state index >= 15 is 0 Å². The maximum absolute atomic E-state index is 13.5. The topological polar surface area (TPSA) is 29.3 Å². The highest BCUT2D eigenvalue weighted by Crippen LogP contribution is 2.24. The molecule has 94 valence electrons. The highest BCUT2D eigenvalue weighted by atomic mass is 19.1. The van der Waals surface area contributed by atoms with Gasteiger partial charge < -0.3 is 10.6 Å². The van der Waals surface area contributed by atoms with Gasteiger partial charge in [-0.3, -0.25) is 0 Å². The van der Waals surface area contributed by atoms with Crippen molar-refractivity contribution in [3.05, 3.63) is 59.7 Å². The molecule has 0 bridgehead atoms. The number of rotatable bonds is 3. The zero-order valence-electron chi connectivity index (χ0n) is 10.0. The number of nitrogens with zero attached hydrogens (tertiary/aromatic N) is 1. The fourth-order valence-corrected chi connectivity index (χ4v) is 1.84. The molecular formula is C14H14F2N2. The number of halogens is 2. The van der Waals surface area contributed by atoms with E-state index in [9.17, 15) is 8.78 Å². The number of anilines is 2. The average Bonchev–Trinajstić information content (AvgIpc) is 2.32. The Morgan fingerprint density at radius 2 is 1.83 bits per heavy atom. The minimum atomic E-state index is -0.379. The van der Waals surface area contributed by atoms with E-state index in [-0.39, 0.29) is 11.6 Å². The van der Waals surface area contributed by atoms with Crippen molar-refractivity contribution in [2.75, 3.05) is 17.7 Å². The van der Waals surface area contributed by atoms with Gasteiger partial charge in [0, 0.05) is 19.2 Å². The molecule has 2 N–H and O–H groups in total. The van der Waals surface area contributed by atoms with Crippen molar-refractivity contribution in [2.45, 2.75) is 6.54 Å². The van der Waals surface area contributed by atoms with Crippen LogP contribution < -0.4 is 10.6 Å². The molecular weight excluding hydrogens is 234 g/mol. The molecule has 0 aliphatic carbocycles. The van der Waals surface area contributed by atoms with Crippen LogP contribution in [0.5, 0.6) is 0 Å². The van der Waals surface area contributed by atoms with Gasteiger partial charge in [-0.25, -0.2) is 8.78 Å². The first-order chi connectivity index (χ1) is 8.58. The molecule has 2 aromatic carbocycles. The average molecular weight is 248 g/mol. The highest BCUT2D eigenvalue weighted by Gasteiger charge is 2.09. The maximum atomic E-state index is 13.5. The van der Waals surface area contributed by atoms with Gasteiger partial charge in [0.15, 0.2) is 0 Å². The number of nitrogens with two attached hydrogens (primary N) is 1. The van der Waals surface area contributed by atoms with Gasteiger partial charge in [-0.2, -0.15) is 0 Å². The second-order valence-corrected chi connectivity index (χ2v) is 4.15. The molecule has 18 heavy (non-hydrogen) atoms. The lowest BCUT2D eigenvalue weighted by Crippen LogP contribution is -2.18. The molecule has 0 unspecified atom stereocenters. The first-order valence-electron chi connectivity index (χ1n) is 5.57. The molecule has 2 nitrogen and oxygen atoms in total. The summed E-state index contributed by atoms with van der Waals surface area (Å²) in [6, 6.07) is 10.7. The van der Waals surface area contributed by atoms with Crippen LogP contribution in [0.25, 0.3) is 0 Å². The second-order valence-electron chi connectivity index (χ2n) is 4.15. The van der Waals surface area contributed by atoms with Gasteiger partial charge in [-0.05, 0) is 24.3 Å². The van der Waals surface area contributed by atoms with E-state index < -0.39 is 0 Å². The van der Waals surface area contributed by atoms with Gasteiger partial charge in [0.05, 0.1) is 11.4 Å². The van der Waals surface area contributed by atoms with Crippen LogP contribution in [0, 0.1) is 11.6 Å². The van der Waals surface area contributed by atoms with E-state index in [1.54, 1.807) is 36.2 Å². The normalized spacial score (nSPS) is 10.4. The maximum Gasteiger partial charge on any atom is 0.128 e. The molecule has 0 aliphatic rings. The summed E-state index contributed by atoms with van der Waals surface area (Å²) in [4.78, 5) is 1.78. The molecule has 2 rings (SSSR count). The van der Waals surface area contributed by atoms with Gasteiger partial charge in [0.2, 0.25) is 0 Å². The molecule has 0 aliphatic heterocycles. The largest absolute Gasteiger partial charge is 0.397 e. The first kappa shape index (κ1) is 12.4. The van der Waals surface area contributed by atoms with E-state index in [1.165, 1.54) is 18.2 Å². The Balaban J connectivity index is 2.22. The highest BCUT2D eigenvalue weighted by molar-refractivity contribution is 5.67. The molecule has 0 aromatic heterocycles. The van der Waals surface area contributed by atoms with Gasteiger partial charge in [-0.1, -0.05) is 18.2 Å². The quantitative estimate of drug-likeness (QED) is 0.845. The van der Waals surface area contributed by atoms with Crippen LogP contribution in [0.3, 0.4) is 0 Å². The molecule has 0 saturated heterocycles. The lowest BCUT2D eigenvalue weighted by atomic mass is 10.2. The third-order valence-corrected chi connectivity index (χ3v) is 2.77. The summed E-state index contributed by atoms with van der Waals surface area (Å²) in [5.41, 5.74) is 7.33. The molecule has 0 saturated carbocycles. The minimum Gasteiger partial charge on any atom is -0.397 e. The minimum absolute atomic E-state index is 0.259. The molecule has 0 radical (unpaired) electrons. The van der Waals surface area contributed by atoms with Gasteiger partial charge in [0.1, 0.15) is 11.6 Å². The Morgan fingerprint density at radius 1 is 1.11 bits per heavy atom. The molecule has 0 heterocycles. The van der Waals surface area contributed by atoms with E-state index in [1.807, 2.05) is 0 Å². The summed E-state index contributed by atoms with van der Waals surface area (Å²) >= 11 is 0. The molecule has 0 spiro atoms. The lowest BCUT2D eigenvalue weighted by molar-refractivity contribution is 0.607. The summed E-state index contributed by atoms with van der Waals surface area (Å²) in [5, 5.41) is 0. The Kier molecular flexibility index (Phi) is 3.46. The van der Waals surface area contributed by atoms with Crippen LogP contribution in [-0.2, 0) is 6.54 Å². The monoisotopic (exact) mass is 248 g/mol. The van der Waals surface area contributed by atoms with Gasteiger partial charge >= 0.3 is 0 Å². The van der Waals surface area contributed by atoms with Crippen molar-refractivity contribution in [1.29, 1.82) is 0 Å². The van der Waals surface area contributed by atoms with Crippen molar-refractivity contribution >= 4 is 11.4 Å². The number of benzene rings is 2. The third kappa shape index (κ3) is 2.59. The molecule has 0 atom stereocenters. The summed E-state index contributed by atoms with van der Waals surface area (Å²) < 4.78 is 26.5. The predicted octanol–water partition coefficient (Wildman–Crippen LogP) is 3.18. The smallest absolute Gasteiger partial charge is 0.128 e. The van der Waals surface area contributed by atoms with Crippen LogP contribution >= 0.6 is 0 Å². The Morgan fingerprint density at radius 3 is 2.50 bits per heavy atom. The van der Waals surface area contributed by atoms with Crippen molar-refractivity contribution in [3.8, 4) is 0 Å². The Labute approximate surface area is 105 Å². The van der Waals surface area contributed by atoms with Crippen molar-refractivity contribution in [1.82, 2.24) is 0 Å². The lowest BCUT2D eigenvalue weighted by Gasteiger charge is -2.21. The Hall–Kier alpha value is -2.10. The van der Waals surface area contributed by atoms with E-state index in [2.05, 4.69) is 0 Å². The standard InChI is InChI=1S/C14H14F2N2/c1-18(9-10-4-2-3-5-12(10)16)14-7-6-11(15)8-13(14)17/h2-8H,9,17H2,1H3. The van der Waals surface area contributed by atoms with Crippen molar-refractivity contribution in [3.63, 3.8) is 0 Å². The number of nitrogen functional groups attached to an aromatic ring is 1. The molecule has 0 amide bonds. The van der Waals surface area contributed by atoms with Gasteiger partial charge in [0.25, 0.3) is 0 Å². The van der Waals surface area contributed by atoms with Crippen molar-refractivity contribution in [2.24, 2.45) is 0 Å². The first-order valence-corrected chi connectivity index (χ1v) is 5.57. The molecule has 2 aromatic rings. The van der Waals surface area contributed by atoms with Crippen LogP contribution in [0.4, 0.5) is 20.2 Å². The van der Waals surface area contributed by atoms with Crippen LogP contribution in [-0.4, -0.2) is 7.05 Å². The fourth-order valence-electron chi connectivity index (χ4n) is 1.84. The van der Waals surface area contributed by atoms with Gasteiger partial charge in [-0.15, -0.1) is 0 Å². The fraction of sp³-hybridized carbons (Fsp3) is 0.143.